The summed E-state index contributed by atoms with van der Waals surface area (Å²) >= 11 is 1.52. The summed E-state index contributed by atoms with van der Waals surface area (Å²) in [6.45, 7) is 3.82. The van der Waals surface area contributed by atoms with Gasteiger partial charge in [0.2, 0.25) is 0 Å². The summed E-state index contributed by atoms with van der Waals surface area (Å²) in [4.78, 5) is 20.3. The van der Waals surface area contributed by atoms with E-state index < -0.39 is 0 Å². The number of pyridine rings is 1. The molecule has 0 amide bonds. The molecule has 0 N–H and O–H groups in total. The number of carbonyl (C=O) groups excluding carboxylic acids is 1. The van der Waals surface area contributed by atoms with Crippen LogP contribution in [0.1, 0.15) is 26.8 Å². The highest BCUT2D eigenvalue weighted by atomic mass is 32.1. The lowest BCUT2D eigenvalue weighted by Crippen LogP contribution is -2.07. The van der Waals surface area contributed by atoms with Crippen molar-refractivity contribution < 1.29 is 4.79 Å². The third-order valence-corrected chi connectivity index (χ3v) is 3.22. The Bertz CT molecular complexity index is 519. The standard InChI is InChI=1S/C12H12N2OS/c1-8-4-3-5-13-12(8)10(15)6-11-14-9(2)7-16-11/h3-5,7H,6H2,1-2H3. The fourth-order valence-electron chi connectivity index (χ4n) is 1.48. The molecule has 0 unspecified atom stereocenters. The van der Waals surface area contributed by atoms with Crippen LogP contribution in [0.4, 0.5) is 0 Å². The zero-order valence-electron chi connectivity index (χ0n) is 9.23. The van der Waals surface area contributed by atoms with Gasteiger partial charge < -0.3 is 0 Å². The van der Waals surface area contributed by atoms with Gasteiger partial charge in [-0.25, -0.2) is 4.98 Å². The minimum Gasteiger partial charge on any atom is -0.292 e. The van der Waals surface area contributed by atoms with Gasteiger partial charge in [0.1, 0.15) is 10.7 Å². The molecule has 0 spiro atoms. The minimum absolute atomic E-state index is 0.0347. The van der Waals surface area contributed by atoms with E-state index in [9.17, 15) is 4.79 Å². The van der Waals surface area contributed by atoms with Crippen molar-refractivity contribution in [3.63, 3.8) is 0 Å². The SMILES string of the molecule is Cc1csc(CC(=O)c2ncccc2C)n1. The van der Waals surface area contributed by atoms with Gasteiger partial charge >= 0.3 is 0 Å². The van der Waals surface area contributed by atoms with Crippen molar-refractivity contribution in [2.45, 2.75) is 20.3 Å². The van der Waals surface area contributed by atoms with Gasteiger partial charge in [-0.3, -0.25) is 9.78 Å². The predicted octanol–water partition coefficient (Wildman–Crippen LogP) is 2.58. The average Bonchev–Trinajstić information content (AvgIpc) is 2.64. The van der Waals surface area contributed by atoms with E-state index >= 15 is 0 Å². The van der Waals surface area contributed by atoms with Crippen LogP contribution in [0.3, 0.4) is 0 Å². The molecular weight excluding hydrogens is 220 g/mol. The first-order valence-corrected chi connectivity index (χ1v) is 5.90. The summed E-state index contributed by atoms with van der Waals surface area (Å²) in [7, 11) is 0. The van der Waals surface area contributed by atoms with Crippen molar-refractivity contribution in [1.82, 2.24) is 9.97 Å². The van der Waals surface area contributed by atoms with Gasteiger partial charge in [-0.15, -0.1) is 11.3 Å². The Morgan fingerprint density at radius 2 is 2.25 bits per heavy atom. The van der Waals surface area contributed by atoms with E-state index in [1.807, 2.05) is 31.4 Å². The van der Waals surface area contributed by atoms with Crippen molar-refractivity contribution in [3.05, 3.63) is 45.7 Å². The summed E-state index contributed by atoms with van der Waals surface area (Å²) in [5.41, 5.74) is 2.43. The average molecular weight is 232 g/mol. The lowest BCUT2D eigenvalue weighted by Gasteiger charge is -2.01. The molecule has 0 atom stereocenters. The highest BCUT2D eigenvalue weighted by Gasteiger charge is 2.12. The molecule has 0 saturated carbocycles. The van der Waals surface area contributed by atoms with E-state index in [2.05, 4.69) is 9.97 Å². The maximum Gasteiger partial charge on any atom is 0.188 e. The second kappa shape index (κ2) is 4.53. The number of hydrogen-bond donors (Lipinski definition) is 0. The predicted molar refractivity (Wildman–Crippen MR) is 63.9 cm³/mol. The van der Waals surface area contributed by atoms with Gasteiger partial charge in [-0.1, -0.05) is 6.07 Å². The van der Waals surface area contributed by atoms with Gasteiger partial charge in [0.15, 0.2) is 5.78 Å². The fraction of sp³-hybridized carbons (Fsp3) is 0.250. The number of hydrogen-bond acceptors (Lipinski definition) is 4. The Morgan fingerprint density at radius 1 is 1.44 bits per heavy atom. The summed E-state index contributed by atoms with van der Waals surface area (Å²) in [5, 5.41) is 2.81. The first kappa shape index (κ1) is 11.0. The topological polar surface area (TPSA) is 42.9 Å². The molecule has 0 aromatic carbocycles. The number of nitrogens with zero attached hydrogens (tertiary/aromatic N) is 2. The van der Waals surface area contributed by atoms with Crippen LogP contribution in [-0.4, -0.2) is 15.8 Å². The number of ketones is 1. The largest absolute Gasteiger partial charge is 0.292 e. The smallest absolute Gasteiger partial charge is 0.188 e. The summed E-state index contributed by atoms with van der Waals surface area (Å²) in [6.07, 6.45) is 1.99. The van der Waals surface area contributed by atoms with Crippen molar-refractivity contribution in [2.24, 2.45) is 0 Å². The molecule has 2 rings (SSSR count). The van der Waals surface area contributed by atoms with Gasteiger partial charge in [0.05, 0.1) is 6.42 Å². The first-order valence-electron chi connectivity index (χ1n) is 5.02. The number of carbonyl (C=O) groups is 1. The number of thiazole rings is 1. The van der Waals surface area contributed by atoms with Crippen molar-refractivity contribution in [1.29, 1.82) is 0 Å². The Hall–Kier alpha value is -1.55. The fourth-order valence-corrected chi connectivity index (χ4v) is 2.25. The molecule has 0 aliphatic rings. The maximum atomic E-state index is 11.9. The molecule has 0 bridgehead atoms. The molecule has 0 fully saturated rings. The zero-order valence-corrected chi connectivity index (χ0v) is 10.0. The Morgan fingerprint density at radius 3 is 2.88 bits per heavy atom. The van der Waals surface area contributed by atoms with Crippen LogP contribution in [-0.2, 0) is 6.42 Å². The van der Waals surface area contributed by atoms with Crippen LogP contribution in [0.25, 0.3) is 0 Å². The second-order valence-corrected chi connectivity index (χ2v) is 4.59. The maximum absolute atomic E-state index is 11.9. The third kappa shape index (κ3) is 2.33. The molecule has 2 aromatic heterocycles. The van der Waals surface area contributed by atoms with E-state index in [0.717, 1.165) is 16.3 Å². The molecule has 0 radical (unpaired) electrons. The number of aromatic nitrogens is 2. The van der Waals surface area contributed by atoms with Crippen molar-refractivity contribution in [2.75, 3.05) is 0 Å². The lowest BCUT2D eigenvalue weighted by molar-refractivity contribution is 0.0987. The Kier molecular flexibility index (Phi) is 3.10. The normalized spacial score (nSPS) is 10.4. The zero-order chi connectivity index (χ0) is 11.5. The van der Waals surface area contributed by atoms with Crippen LogP contribution in [0, 0.1) is 13.8 Å². The van der Waals surface area contributed by atoms with Crippen LogP contribution in [0.2, 0.25) is 0 Å². The molecule has 0 aliphatic heterocycles. The van der Waals surface area contributed by atoms with Crippen LogP contribution in [0.5, 0.6) is 0 Å². The quantitative estimate of drug-likeness (QED) is 0.764. The van der Waals surface area contributed by atoms with E-state index in [1.165, 1.54) is 11.3 Å². The Labute approximate surface area is 98.2 Å². The third-order valence-electron chi connectivity index (χ3n) is 2.25. The minimum atomic E-state index is 0.0347. The van der Waals surface area contributed by atoms with E-state index in [0.29, 0.717) is 12.1 Å². The highest BCUT2D eigenvalue weighted by molar-refractivity contribution is 7.09. The van der Waals surface area contributed by atoms with Crippen LogP contribution in [0.15, 0.2) is 23.7 Å². The molecule has 3 nitrogen and oxygen atoms in total. The van der Waals surface area contributed by atoms with E-state index in [1.54, 1.807) is 6.20 Å². The Balaban J connectivity index is 2.18. The van der Waals surface area contributed by atoms with E-state index in [-0.39, 0.29) is 5.78 Å². The molecule has 0 saturated heterocycles. The van der Waals surface area contributed by atoms with Gasteiger partial charge in [-0.05, 0) is 25.5 Å². The van der Waals surface area contributed by atoms with Crippen molar-refractivity contribution in [3.8, 4) is 0 Å². The van der Waals surface area contributed by atoms with Crippen molar-refractivity contribution >= 4 is 17.1 Å². The molecule has 16 heavy (non-hydrogen) atoms. The van der Waals surface area contributed by atoms with Crippen LogP contribution < -0.4 is 0 Å². The number of rotatable bonds is 3. The summed E-state index contributed by atoms with van der Waals surface area (Å²) in [5.74, 6) is 0.0347. The van der Waals surface area contributed by atoms with Gasteiger partial charge in [0, 0.05) is 17.3 Å². The molecule has 2 heterocycles. The monoisotopic (exact) mass is 232 g/mol. The molecule has 4 heteroatoms. The lowest BCUT2D eigenvalue weighted by atomic mass is 10.1. The molecule has 0 aliphatic carbocycles. The molecule has 82 valence electrons. The number of aryl methyl sites for hydroxylation is 2. The van der Waals surface area contributed by atoms with Crippen LogP contribution >= 0.6 is 11.3 Å². The first-order chi connectivity index (χ1) is 7.66. The molecular formula is C12H12N2OS. The highest BCUT2D eigenvalue weighted by Crippen LogP contribution is 2.13. The second-order valence-electron chi connectivity index (χ2n) is 3.65. The van der Waals surface area contributed by atoms with Gasteiger partial charge in [0.25, 0.3) is 0 Å². The molecule has 2 aromatic rings. The number of Topliss-reactive ketones (excluding diaryl/α,β-unsaturated/α-hetero) is 1. The summed E-state index contributed by atoms with van der Waals surface area (Å²) in [6, 6.07) is 3.73. The van der Waals surface area contributed by atoms with E-state index in [4.69, 9.17) is 0 Å². The summed E-state index contributed by atoms with van der Waals surface area (Å²) < 4.78 is 0. The van der Waals surface area contributed by atoms with Gasteiger partial charge in [-0.2, -0.15) is 0 Å².